The Kier molecular flexibility index (Phi) is 14.8. The number of amides is 5. The Bertz CT molecular complexity index is 2110. The van der Waals surface area contributed by atoms with Gasteiger partial charge in [0.15, 0.2) is 0 Å². The number of aliphatic imine (C=N–C) groups is 1. The van der Waals surface area contributed by atoms with E-state index in [2.05, 4.69) is 32.2 Å². The van der Waals surface area contributed by atoms with Crippen molar-refractivity contribution in [2.45, 2.75) is 102 Å². The van der Waals surface area contributed by atoms with Gasteiger partial charge in [-0.15, -0.1) is 6.58 Å². The van der Waals surface area contributed by atoms with E-state index >= 15 is 0 Å². The number of sulfonamides is 1. The molecule has 3 aliphatic rings. The van der Waals surface area contributed by atoms with Crippen LogP contribution < -0.4 is 30.1 Å². The summed E-state index contributed by atoms with van der Waals surface area (Å²) in [7, 11) is -0.880. The standard InChI is InChI=1S/C33H47N5O10S.C8H7NO2/c1-9-19-17-33(19,28(41)37-49(44,45)23-13-14-23)36-26(39)24-16-22(47-29(42)34-20-11-10-12-21(15-20)46-8)18-38(24)27(40)25(31(2,3)4)35-30(43)48-32(5,6)7;1-11-8-4-2-3-7(5-8)9-6-10/h9-12,15,19,22-25H,1,13-14,16-18H2,2-8H3,(H,34,42)(H,35,43)(H,36,39)(H,37,41);2-5H,1H3/t19?,22-,24+,25-,33-;/m1./s1. The smallest absolute Gasteiger partial charge is 0.411 e. The van der Waals surface area contributed by atoms with E-state index in [1.807, 2.05) is 0 Å². The van der Waals surface area contributed by atoms with E-state index in [9.17, 15) is 37.2 Å². The maximum absolute atomic E-state index is 14.2. The molecule has 3 fully saturated rings. The monoisotopic (exact) mass is 854 g/mol. The van der Waals surface area contributed by atoms with Gasteiger partial charge in [0.1, 0.15) is 40.8 Å². The molecule has 5 rings (SSSR count). The molecule has 2 saturated carbocycles. The Balaban J connectivity index is 0.000000624. The van der Waals surface area contributed by atoms with Crippen LogP contribution in [-0.2, 0) is 38.7 Å². The van der Waals surface area contributed by atoms with Crippen LogP contribution in [0.5, 0.6) is 11.5 Å². The molecule has 1 aliphatic heterocycles. The number of methoxy groups -OCH3 is 2. The average Bonchev–Trinajstić information content (AvgIpc) is 4.10. The van der Waals surface area contributed by atoms with Crippen LogP contribution in [0.4, 0.5) is 21.0 Å². The second-order valence-electron chi connectivity index (χ2n) is 16.7. The summed E-state index contributed by atoms with van der Waals surface area (Å²) >= 11 is 0. The third-order valence-corrected chi connectivity index (χ3v) is 11.5. The number of isocyanates is 1. The van der Waals surface area contributed by atoms with Crippen molar-refractivity contribution < 1.29 is 56.1 Å². The highest BCUT2D eigenvalue weighted by Gasteiger charge is 2.62. The Morgan fingerprint density at radius 2 is 1.60 bits per heavy atom. The van der Waals surface area contributed by atoms with Gasteiger partial charge in [0.2, 0.25) is 27.9 Å². The van der Waals surface area contributed by atoms with Crippen molar-refractivity contribution in [2.75, 3.05) is 26.1 Å². The highest BCUT2D eigenvalue weighted by molar-refractivity contribution is 7.91. The first-order valence-electron chi connectivity index (χ1n) is 19.2. The van der Waals surface area contributed by atoms with Gasteiger partial charge in [-0.25, -0.2) is 22.8 Å². The molecule has 0 spiro atoms. The zero-order chi connectivity index (χ0) is 44.6. The van der Waals surface area contributed by atoms with Crippen LogP contribution in [-0.4, -0.2) is 105 Å². The molecule has 0 aromatic heterocycles. The number of nitrogens with one attached hydrogen (secondary N) is 4. The number of benzene rings is 2. The van der Waals surface area contributed by atoms with Crippen molar-refractivity contribution in [1.82, 2.24) is 20.3 Å². The topological polar surface area (TPSA) is 237 Å². The van der Waals surface area contributed by atoms with Gasteiger partial charge in [-0.2, -0.15) is 4.99 Å². The molecule has 2 aromatic carbocycles. The normalized spacial score (nSPS) is 21.3. The van der Waals surface area contributed by atoms with Crippen LogP contribution in [0.3, 0.4) is 0 Å². The lowest BCUT2D eigenvalue weighted by Gasteiger charge is -2.36. The molecule has 2 aromatic rings. The van der Waals surface area contributed by atoms with E-state index in [1.165, 1.54) is 24.2 Å². The summed E-state index contributed by atoms with van der Waals surface area (Å²) < 4.78 is 48.4. The number of carbonyl (C=O) groups excluding carboxylic acids is 6. The number of anilines is 1. The zero-order valence-corrected chi connectivity index (χ0v) is 35.8. The summed E-state index contributed by atoms with van der Waals surface area (Å²) in [6.45, 7) is 13.7. The molecule has 4 N–H and O–H groups in total. The molecule has 60 heavy (non-hydrogen) atoms. The largest absolute Gasteiger partial charge is 0.497 e. The highest BCUT2D eigenvalue weighted by atomic mass is 32.2. The third-order valence-electron chi connectivity index (χ3n) is 9.69. The Morgan fingerprint density at radius 1 is 0.967 bits per heavy atom. The fraction of sp³-hybridized carbons (Fsp3) is 0.512. The summed E-state index contributed by atoms with van der Waals surface area (Å²) in [6, 6.07) is 11.0. The minimum absolute atomic E-state index is 0.0998. The molecule has 1 saturated heterocycles. The first kappa shape index (κ1) is 46.7. The predicted molar refractivity (Wildman–Crippen MR) is 220 cm³/mol. The van der Waals surface area contributed by atoms with Crippen LogP contribution in [0.25, 0.3) is 0 Å². The molecule has 5 atom stereocenters. The highest BCUT2D eigenvalue weighted by Crippen LogP contribution is 2.45. The van der Waals surface area contributed by atoms with Crippen LogP contribution in [0, 0.1) is 11.3 Å². The van der Waals surface area contributed by atoms with Crippen molar-refractivity contribution >= 4 is 57.4 Å². The van der Waals surface area contributed by atoms with E-state index < -0.39 is 85.8 Å². The van der Waals surface area contributed by atoms with Gasteiger partial charge in [-0.05, 0) is 69.7 Å². The first-order valence-corrected chi connectivity index (χ1v) is 20.7. The number of ether oxygens (including phenoxy) is 4. The van der Waals surface area contributed by atoms with Crippen molar-refractivity contribution in [3.05, 3.63) is 61.2 Å². The lowest BCUT2D eigenvalue weighted by atomic mass is 9.85. The minimum atomic E-state index is -3.92. The van der Waals surface area contributed by atoms with E-state index in [-0.39, 0.29) is 19.4 Å². The Hall–Kier alpha value is -5.94. The average molecular weight is 855 g/mol. The van der Waals surface area contributed by atoms with Gasteiger partial charge in [0, 0.05) is 30.2 Å². The molecule has 2 aliphatic carbocycles. The van der Waals surface area contributed by atoms with Crippen LogP contribution in [0.1, 0.15) is 67.2 Å². The maximum atomic E-state index is 14.2. The number of carbonyl (C=O) groups is 5. The number of rotatable bonds is 13. The fourth-order valence-electron chi connectivity index (χ4n) is 6.37. The number of nitrogens with zero attached hydrogens (tertiary/aromatic N) is 2. The zero-order valence-electron chi connectivity index (χ0n) is 35.0. The molecular weight excluding hydrogens is 801 g/mol. The molecule has 19 heteroatoms. The van der Waals surface area contributed by atoms with Gasteiger partial charge < -0.3 is 34.5 Å². The summed E-state index contributed by atoms with van der Waals surface area (Å²) in [5.74, 6) is -1.68. The second-order valence-corrected chi connectivity index (χ2v) is 18.6. The van der Waals surface area contributed by atoms with Gasteiger partial charge in [-0.3, -0.25) is 24.4 Å². The number of alkyl carbamates (subject to hydrolysis) is 1. The summed E-state index contributed by atoms with van der Waals surface area (Å²) in [4.78, 5) is 81.8. The van der Waals surface area contributed by atoms with Crippen LogP contribution in [0.15, 0.2) is 66.2 Å². The third kappa shape index (κ3) is 12.5. The second kappa shape index (κ2) is 19.0. The quantitative estimate of drug-likeness (QED) is 0.124. The fourth-order valence-corrected chi connectivity index (χ4v) is 7.73. The van der Waals surface area contributed by atoms with Gasteiger partial charge in [-0.1, -0.05) is 39.0 Å². The van der Waals surface area contributed by atoms with Crippen molar-refractivity contribution in [1.29, 1.82) is 0 Å². The number of likely N-dealkylation sites (tertiary alicyclic amines) is 1. The molecule has 1 unspecified atom stereocenters. The van der Waals surface area contributed by atoms with E-state index in [1.54, 1.807) is 97.2 Å². The van der Waals surface area contributed by atoms with Crippen LogP contribution >= 0.6 is 0 Å². The predicted octanol–water partition coefficient (Wildman–Crippen LogP) is 4.48. The molecule has 0 bridgehead atoms. The number of hydrogen-bond donors (Lipinski definition) is 4. The molecule has 5 amide bonds. The minimum Gasteiger partial charge on any atom is -0.497 e. The Labute approximate surface area is 349 Å². The summed E-state index contributed by atoms with van der Waals surface area (Å²) in [5, 5.41) is 7.25. The van der Waals surface area contributed by atoms with E-state index in [0.29, 0.717) is 35.7 Å². The lowest BCUT2D eigenvalue weighted by molar-refractivity contribution is -0.143. The molecular formula is C41H54N6O12S. The van der Waals surface area contributed by atoms with Crippen molar-refractivity contribution in [3.8, 4) is 11.5 Å². The molecule has 1 heterocycles. The van der Waals surface area contributed by atoms with Gasteiger partial charge in [0.05, 0.1) is 31.7 Å². The van der Waals surface area contributed by atoms with Crippen molar-refractivity contribution in [2.24, 2.45) is 16.3 Å². The number of hydrogen-bond acceptors (Lipinski definition) is 13. The van der Waals surface area contributed by atoms with Crippen molar-refractivity contribution in [3.63, 3.8) is 0 Å². The Morgan fingerprint density at radius 3 is 2.15 bits per heavy atom. The maximum Gasteiger partial charge on any atom is 0.411 e. The van der Waals surface area contributed by atoms with Crippen LogP contribution in [0.2, 0.25) is 0 Å². The molecule has 326 valence electrons. The van der Waals surface area contributed by atoms with E-state index in [0.717, 1.165) is 0 Å². The van der Waals surface area contributed by atoms with Gasteiger partial charge in [0.25, 0.3) is 5.91 Å². The summed E-state index contributed by atoms with van der Waals surface area (Å²) in [6.07, 6.45) is 1.07. The lowest BCUT2D eigenvalue weighted by Crippen LogP contribution is -2.60. The molecule has 0 radical (unpaired) electrons. The molecule has 18 nitrogen and oxygen atoms in total. The SMILES string of the molecule is C=CC1C[C@]1(NC(=O)[C@@H]1C[C@@H](OC(=O)Nc2cccc(OC)c2)CN1C(=O)[C@@H](NC(=O)OC(C)(C)C)C(C)(C)C)C(=O)NS(=O)(=O)C1CC1.COc1cccc(N=C=O)c1. The summed E-state index contributed by atoms with van der Waals surface area (Å²) in [5.41, 5.74) is -2.37. The van der Waals surface area contributed by atoms with E-state index in [4.69, 9.17) is 18.9 Å². The van der Waals surface area contributed by atoms with Gasteiger partial charge >= 0.3 is 12.2 Å². The first-order chi connectivity index (χ1) is 28.0.